The van der Waals surface area contributed by atoms with E-state index in [9.17, 15) is 38.4 Å². The summed E-state index contributed by atoms with van der Waals surface area (Å²) >= 11 is 6.23. The van der Waals surface area contributed by atoms with Crippen LogP contribution in [0, 0.1) is 11.3 Å². The first-order chi connectivity index (χ1) is 51.2. The Labute approximate surface area is 629 Å². The number of fused-ring (bicyclic) bond motifs is 1. The molecule has 13 amide bonds. The number of pyridine rings is 1. The van der Waals surface area contributed by atoms with Gasteiger partial charge in [0.15, 0.2) is 5.96 Å². The zero-order valence-corrected chi connectivity index (χ0v) is 61.8. The van der Waals surface area contributed by atoms with Gasteiger partial charge in [0.1, 0.15) is 54.6 Å². The largest absolute Gasteiger partial charge is 0.463 e. The molecule has 0 aliphatic carbocycles. The van der Waals surface area contributed by atoms with Crippen LogP contribution in [0.4, 0.5) is 4.79 Å². The highest BCUT2D eigenvalue weighted by atomic mass is 35.5. The van der Waals surface area contributed by atoms with Crippen molar-refractivity contribution in [3.63, 3.8) is 0 Å². The van der Waals surface area contributed by atoms with E-state index >= 15 is 28.8 Å². The number of imide groups is 4. The van der Waals surface area contributed by atoms with Crippen LogP contribution in [0.2, 0.25) is 5.02 Å². The second-order valence-corrected chi connectivity index (χ2v) is 27.1. The Morgan fingerprint density at radius 3 is 1.79 bits per heavy atom. The molecule has 10 atom stereocenters. The Morgan fingerprint density at radius 2 is 1.16 bits per heavy atom. The number of nitrogens with one attached hydrogen (secondary N) is 8. The standard InChI is InChI=1S/C74H96ClN17O16/c1-41(2)33-58(87-63(96)54(76)16-10-31-84-74(81)106)65(98)86-57(17-11-30-83-73(79)80)69(102)90-32-12-18-62(90)72(105)91(70(103)59(85-43(4)93)38-48-19-24-50-14-7-8-15-51(50)34-48)42(3)67(100)92(68(101)56(78)35-46-20-25-52(75)26-21-46)71(104)60(37-47-22-27-53(28-23-47)108-45(6)95)88-66(99)61(40-107-44(5)94)89-64(97)55(77)36-49-13-9-29-82-39-49/h7-9,13-15,19-29,34,39,41-42,54-62H,10-12,16-18,30-33,35-38,40,76-78H2,1-6H3,(H,85,93)(H,86,98)(H,87,96)(H,88,99)(H,89,97)(H4,79,80,83)(H3,81,84,106)/t42-,54-,55-,56-,57+,58+,59-,60+,61+,62+/m1/s1. The maximum absolute atomic E-state index is 16.3. The average Bonchev–Trinajstić information content (AvgIpc) is 1.26. The fourth-order valence-electron chi connectivity index (χ4n) is 12.1. The summed E-state index contributed by atoms with van der Waals surface area (Å²) in [4.78, 5) is 207. The molecule has 1 saturated heterocycles. The molecule has 5 aromatic rings. The van der Waals surface area contributed by atoms with E-state index in [1.165, 1.54) is 60.9 Å². The molecule has 0 bridgehead atoms. The summed E-state index contributed by atoms with van der Waals surface area (Å²) in [5.41, 5.74) is 31.6. The first-order valence-electron chi connectivity index (χ1n) is 35.2. The molecular weight excluding hydrogens is 1420 g/mol. The van der Waals surface area contributed by atoms with E-state index in [2.05, 4.69) is 42.2 Å². The van der Waals surface area contributed by atoms with Crippen molar-refractivity contribution >= 4 is 111 Å². The molecule has 18 N–H and O–H groups in total. The number of esters is 2. The lowest BCUT2D eigenvalue weighted by molar-refractivity contribution is -0.165. The van der Waals surface area contributed by atoms with Crippen LogP contribution in [-0.4, -0.2) is 195 Å². The predicted molar refractivity (Wildman–Crippen MR) is 396 cm³/mol. The number of guanidine groups is 1. The maximum Gasteiger partial charge on any atom is 0.312 e. The van der Waals surface area contributed by atoms with Crippen LogP contribution in [-0.2, 0) is 92.7 Å². The fourth-order valence-corrected chi connectivity index (χ4v) is 12.2. The van der Waals surface area contributed by atoms with Gasteiger partial charge in [-0.25, -0.2) is 9.69 Å². The summed E-state index contributed by atoms with van der Waals surface area (Å²) in [6.45, 7) is 6.87. The van der Waals surface area contributed by atoms with E-state index in [1.54, 1.807) is 56.3 Å². The molecular formula is C74H96ClN17O16. The number of hydrogen-bond donors (Lipinski definition) is 13. The van der Waals surface area contributed by atoms with Crippen molar-refractivity contribution < 1.29 is 76.6 Å². The number of rotatable bonds is 37. The maximum atomic E-state index is 16.3. The van der Waals surface area contributed by atoms with E-state index < -0.39 is 169 Å². The second-order valence-electron chi connectivity index (χ2n) is 26.7. The molecule has 34 heteroatoms. The van der Waals surface area contributed by atoms with E-state index in [4.69, 9.17) is 55.2 Å². The summed E-state index contributed by atoms with van der Waals surface area (Å²) in [6, 6.07) is 9.39. The molecule has 0 saturated carbocycles. The van der Waals surface area contributed by atoms with Gasteiger partial charge in [0, 0.05) is 70.7 Å². The number of likely N-dealkylation sites (tertiary alicyclic amines) is 1. The van der Waals surface area contributed by atoms with Crippen LogP contribution >= 0.6 is 11.6 Å². The molecule has 1 aliphatic rings. The van der Waals surface area contributed by atoms with Crippen molar-refractivity contribution in [2.45, 2.75) is 173 Å². The van der Waals surface area contributed by atoms with Crippen LogP contribution in [0.1, 0.15) is 109 Å². The number of carbonyl (C=O) groups excluding carboxylic acids is 14. The Kier molecular flexibility index (Phi) is 33.0. The molecule has 0 radical (unpaired) electrons. The quantitative estimate of drug-likeness (QED) is 0.00844. The third-order valence-corrected chi connectivity index (χ3v) is 17.7. The van der Waals surface area contributed by atoms with Crippen LogP contribution in [0.25, 0.3) is 10.8 Å². The predicted octanol–water partition coefficient (Wildman–Crippen LogP) is 0.447. The summed E-state index contributed by atoms with van der Waals surface area (Å²) < 4.78 is 10.4. The Morgan fingerprint density at radius 1 is 0.583 bits per heavy atom. The highest BCUT2D eigenvalue weighted by molar-refractivity contribution is 6.30. The van der Waals surface area contributed by atoms with E-state index in [0.717, 1.165) is 38.0 Å². The number of benzene rings is 4. The molecule has 1 aromatic heterocycles. The number of nitrogens with zero attached hydrogens (tertiary/aromatic N) is 4. The second kappa shape index (κ2) is 41.6. The highest BCUT2D eigenvalue weighted by Gasteiger charge is 2.49. The lowest BCUT2D eigenvalue weighted by Gasteiger charge is -2.37. The highest BCUT2D eigenvalue weighted by Crippen LogP contribution is 2.27. The Balaban J connectivity index is 1.50. The topological polar surface area (TPSA) is 518 Å². The molecule has 6 rings (SSSR count). The van der Waals surface area contributed by atoms with Crippen molar-refractivity contribution in [2.75, 3.05) is 26.2 Å². The van der Waals surface area contributed by atoms with Crippen molar-refractivity contribution in [3.8, 4) is 5.75 Å². The molecule has 2 heterocycles. The van der Waals surface area contributed by atoms with Gasteiger partial charge in [-0.3, -0.25) is 77.6 Å². The summed E-state index contributed by atoms with van der Waals surface area (Å²) in [6.07, 6.45) is 1.54. The van der Waals surface area contributed by atoms with Gasteiger partial charge < -0.3 is 80.3 Å². The molecule has 108 heavy (non-hydrogen) atoms. The van der Waals surface area contributed by atoms with Gasteiger partial charge in [-0.15, -0.1) is 0 Å². The van der Waals surface area contributed by atoms with Crippen molar-refractivity contribution in [2.24, 2.45) is 34.6 Å². The third kappa shape index (κ3) is 26.3. The van der Waals surface area contributed by atoms with Gasteiger partial charge in [0.05, 0.1) is 18.1 Å². The number of aromatic nitrogens is 1. The van der Waals surface area contributed by atoms with Crippen LogP contribution in [0.3, 0.4) is 0 Å². The molecule has 580 valence electrons. The van der Waals surface area contributed by atoms with Gasteiger partial charge in [-0.1, -0.05) is 98.2 Å². The molecule has 1 fully saturated rings. The minimum absolute atomic E-state index is 0.00435. The Bertz CT molecular complexity index is 4060. The van der Waals surface area contributed by atoms with Gasteiger partial charge in [0.2, 0.25) is 35.4 Å². The van der Waals surface area contributed by atoms with Gasteiger partial charge in [-0.2, -0.15) is 0 Å². The number of primary amides is 1. The number of amides is 13. The number of urea groups is 1. The van der Waals surface area contributed by atoms with Crippen molar-refractivity contribution in [3.05, 3.63) is 143 Å². The fraction of sp³-hybridized carbons (Fsp3) is 0.432. The lowest BCUT2D eigenvalue weighted by atomic mass is 9.99. The summed E-state index contributed by atoms with van der Waals surface area (Å²) in [7, 11) is 0. The number of halogens is 1. The van der Waals surface area contributed by atoms with E-state index in [0.29, 0.717) is 27.0 Å². The van der Waals surface area contributed by atoms with Crippen molar-refractivity contribution in [1.29, 1.82) is 5.41 Å². The molecule has 0 unspecified atom stereocenters. The number of hydrogen-bond acceptors (Lipinski definition) is 21. The zero-order chi connectivity index (χ0) is 79.5. The van der Waals surface area contributed by atoms with Crippen molar-refractivity contribution in [1.82, 2.24) is 56.9 Å². The minimum atomic E-state index is -2.30. The number of carbonyl (C=O) groups is 14. The van der Waals surface area contributed by atoms with Crippen LogP contribution < -0.4 is 70.6 Å². The number of nitrogens with two attached hydrogens (primary N) is 5. The monoisotopic (exact) mass is 1510 g/mol. The normalized spacial score (nSPS) is 15.0. The molecule has 4 aromatic carbocycles. The van der Waals surface area contributed by atoms with Gasteiger partial charge >= 0.3 is 18.0 Å². The van der Waals surface area contributed by atoms with Crippen LogP contribution in [0.15, 0.2) is 116 Å². The number of ether oxygens (including phenoxy) is 2. The van der Waals surface area contributed by atoms with Gasteiger partial charge in [-0.05, 0) is 134 Å². The average molecular weight is 1520 g/mol. The van der Waals surface area contributed by atoms with Gasteiger partial charge in [0.25, 0.3) is 29.5 Å². The van der Waals surface area contributed by atoms with E-state index in [1.807, 2.05) is 12.1 Å². The molecule has 33 nitrogen and oxygen atoms in total. The van der Waals surface area contributed by atoms with E-state index in [-0.39, 0.29) is 105 Å². The smallest absolute Gasteiger partial charge is 0.312 e. The molecule has 1 aliphatic heterocycles. The lowest BCUT2D eigenvalue weighted by Crippen LogP contribution is -2.65. The minimum Gasteiger partial charge on any atom is -0.463 e. The third-order valence-electron chi connectivity index (χ3n) is 17.4. The Hall–Kier alpha value is -11.3. The molecule has 0 spiro atoms. The summed E-state index contributed by atoms with van der Waals surface area (Å²) in [5.74, 6) is -14.8. The first-order valence-corrected chi connectivity index (χ1v) is 35.6. The van der Waals surface area contributed by atoms with Crippen LogP contribution in [0.5, 0.6) is 5.75 Å². The summed E-state index contributed by atoms with van der Waals surface area (Å²) in [5, 5.41) is 27.6. The SMILES string of the molecule is CC(=O)N[C@H](Cc1ccc2ccccc2c1)C(=O)N(C(=O)[C@@H]1CCCN1C(=O)[C@H](CCCNC(=N)N)NC(=O)[C@H](CC(C)C)NC(=O)[C@H](N)CCCNC(N)=O)[C@H](C)C(=O)N(C(=O)[C@H](N)Cc1ccc(Cl)cc1)C(=O)[C@H](Cc1ccc(OC(C)=O)cc1)NC(=O)[C@H](COC(C)=O)NC(=O)[C@H](N)Cc1cccnc1. The zero-order valence-electron chi connectivity index (χ0n) is 61.0. The first kappa shape index (κ1) is 85.6.